The number of benzene rings is 2. The number of ether oxygens (including phenoxy) is 1. The predicted octanol–water partition coefficient (Wildman–Crippen LogP) is 4.69. The summed E-state index contributed by atoms with van der Waals surface area (Å²) in [4.78, 5) is 16.8. The van der Waals surface area contributed by atoms with Gasteiger partial charge in [0.2, 0.25) is 0 Å². The highest BCUT2D eigenvalue weighted by molar-refractivity contribution is 6.04. The lowest BCUT2D eigenvalue weighted by atomic mass is 10.2. The molecule has 0 saturated carbocycles. The Kier molecular flexibility index (Phi) is 4.11. The van der Waals surface area contributed by atoms with Crippen LogP contribution in [-0.4, -0.2) is 15.3 Å². The van der Waals surface area contributed by atoms with Crippen molar-refractivity contribution >= 4 is 17.2 Å². The first kappa shape index (κ1) is 15.9. The van der Waals surface area contributed by atoms with Gasteiger partial charge in [-0.2, -0.15) is 0 Å². The number of para-hydroxylation sites is 1. The van der Waals surface area contributed by atoms with E-state index in [0.29, 0.717) is 17.0 Å². The van der Waals surface area contributed by atoms with Gasteiger partial charge in [0, 0.05) is 18.1 Å². The Hall–Kier alpha value is -3.60. The van der Waals surface area contributed by atoms with E-state index in [1.54, 1.807) is 12.3 Å². The van der Waals surface area contributed by atoms with Crippen LogP contribution in [0.15, 0.2) is 79.1 Å². The summed E-state index contributed by atoms with van der Waals surface area (Å²) in [7, 11) is 0. The molecule has 26 heavy (non-hydrogen) atoms. The molecule has 4 aromatic rings. The fourth-order valence-corrected chi connectivity index (χ4v) is 2.69. The average Bonchev–Trinajstić information content (AvgIpc) is 3.03. The van der Waals surface area contributed by atoms with E-state index in [2.05, 4.69) is 10.3 Å². The second-order valence-corrected chi connectivity index (χ2v) is 5.96. The van der Waals surface area contributed by atoms with Crippen molar-refractivity contribution in [2.24, 2.45) is 0 Å². The minimum atomic E-state index is -0.171. The number of anilines is 1. The van der Waals surface area contributed by atoms with Crippen molar-refractivity contribution in [3.63, 3.8) is 0 Å². The molecule has 128 valence electrons. The van der Waals surface area contributed by atoms with E-state index in [0.717, 1.165) is 17.1 Å². The number of nitrogens with one attached hydrogen (secondary N) is 1. The maximum Gasteiger partial charge on any atom is 0.257 e. The molecule has 0 atom stereocenters. The van der Waals surface area contributed by atoms with E-state index in [1.165, 1.54) is 0 Å². The number of rotatable bonds is 4. The third-order valence-corrected chi connectivity index (χ3v) is 3.92. The quantitative estimate of drug-likeness (QED) is 0.585. The summed E-state index contributed by atoms with van der Waals surface area (Å²) in [6, 6.07) is 20.4. The van der Waals surface area contributed by atoms with E-state index in [-0.39, 0.29) is 5.91 Å². The van der Waals surface area contributed by atoms with Crippen molar-refractivity contribution in [2.45, 2.75) is 6.92 Å². The van der Waals surface area contributed by atoms with Crippen molar-refractivity contribution in [3.05, 3.63) is 90.4 Å². The first-order chi connectivity index (χ1) is 12.7. The number of carbonyl (C=O) groups is 1. The molecule has 1 amide bonds. The maximum absolute atomic E-state index is 12.5. The third-order valence-electron chi connectivity index (χ3n) is 3.92. The fraction of sp³-hybridized carbons (Fsp3) is 0.0476. The summed E-state index contributed by atoms with van der Waals surface area (Å²) in [5.74, 6) is 1.31. The van der Waals surface area contributed by atoms with E-state index >= 15 is 0 Å². The van der Waals surface area contributed by atoms with Crippen LogP contribution in [0.5, 0.6) is 11.5 Å². The van der Waals surface area contributed by atoms with Gasteiger partial charge in [0.25, 0.3) is 5.91 Å². The second kappa shape index (κ2) is 6.72. The number of hydrogen-bond acceptors (Lipinski definition) is 3. The molecule has 0 saturated heterocycles. The van der Waals surface area contributed by atoms with Crippen molar-refractivity contribution in [3.8, 4) is 11.5 Å². The number of fused-ring (bicyclic) bond motifs is 1. The molecule has 2 heterocycles. The Morgan fingerprint density at radius 2 is 1.65 bits per heavy atom. The summed E-state index contributed by atoms with van der Waals surface area (Å²) in [5.41, 5.74) is 3.01. The van der Waals surface area contributed by atoms with Crippen molar-refractivity contribution in [1.82, 2.24) is 9.38 Å². The zero-order valence-electron chi connectivity index (χ0n) is 14.2. The predicted molar refractivity (Wildman–Crippen MR) is 101 cm³/mol. The highest BCUT2D eigenvalue weighted by Crippen LogP contribution is 2.23. The molecule has 4 rings (SSSR count). The van der Waals surface area contributed by atoms with Crippen molar-refractivity contribution < 1.29 is 9.53 Å². The molecule has 0 radical (unpaired) electrons. The molecule has 0 aliphatic rings. The second-order valence-electron chi connectivity index (χ2n) is 5.96. The van der Waals surface area contributed by atoms with E-state index in [4.69, 9.17) is 4.74 Å². The highest BCUT2D eigenvalue weighted by Gasteiger charge is 2.08. The molecule has 0 spiro atoms. The van der Waals surface area contributed by atoms with Gasteiger partial charge in [0.1, 0.15) is 17.1 Å². The molecule has 0 unspecified atom stereocenters. The van der Waals surface area contributed by atoms with E-state index in [9.17, 15) is 4.79 Å². The number of hydrogen-bond donors (Lipinski definition) is 1. The Morgan fingerprint density at radius 1 is 0.923 bits per heavy atom. The molecular weight excluding hydrogens is 326 g/mol. The Morgan fingerprint density at radius 3 is 2.42 bits per heavy atom. The SMILES string of the molecule is Cc1cn2cc(C(=O)Nc3ccc(Oc4ccccc4)cc3)ccc2n1. The molecular formula is C21H17N3O2. The standard InChI is InChI=1S/C21H17N3O2/c1-15-13-24-14-16(7-12-20(24)22-15)21(25)23-17-8-10-19(11-9-17)26-18-5-3-2-4-6-18/h2-14H,1H3,(H,23,25). The number of aryl methyl sites for hydroxylation is 1. The van der Waals surface area contributed by atoms with Gasteiger partial charge in [-0.15, -0.1) is 0 Å². The highest BCUT2D eigenvalue weighted by atomic mass is 16.5. The monoisotopic (exact) mass is 343 g/mol. The normalized spacial score (nSPS) is 10.7. The number of nitrogens with zero attached hydrogens (tertiary/aromatic N) is 2. The van der Waals surface area contributed by atoms with Crippen LogP contribution in [-0.2, 0) is 0 Å². The summed E-state index contributed by atoms with van der Waals surface area (Å²) in [6.45, 7) is 1.92. The van der Waals surface area contributed by atoms with Crippen molar-refractivity contribution in [2.75, 3.05) is 5.32 Å². The van der Waals surface area contributed by atoms with Crippen LogP contribution in [0.2, 0.25) is 0 Å². The summed E-state index contributed by atoms with van der Waals surface area (Å²) in [6.07, 6.45) is 3.67. The minimum Gasteiger partial charge on any atom is -0.457 e. The van der Waals surface area contributed by atoms with Gasteiger partial charge in [0.05, 0.1) is 11.3 Å². The summed E-state index contributed by atoms with van der Waals surface area (Å²) < 4.78 is 7.60. The Labute approximate surface area is 150 Å². The molecule has 2 aromatic heterocycles. The smallest absolute Gasteiger partial charge is 0.257 e. The molecule has 2 aromatic carbocycles. The van der Waals surface area contributed by atoms with Crippen LogP contribution in [0.1, 0.15) is 16.1 Å². The molecule has 1 N–H and O–H groups in total. The van der Waals surface area contributed by atoms with Gasteiger partial charge in [-0.25, -0.2) is 4.98 Å². The maximum atomic E-state index is 12.5. The largest absolute Gasteiger partial charge is 0.457 e. The van der Waals surface area contributed by atoms with Gasteiger partial charge in [0.15, 0.2) is 0 Å². The van der Waals surface area contributed by atoms with Crippen LogP contribution in [0.3, 0.4) is 0 Å². The van der Waals surface area contributed by atoms with Crippen LogP contribution < -0.4 is 10.1 Å². The molecule has 0 aliphatic heterocycles. The Bertz CT molecular complexity index is 1050. The van der Waals surface area contributed by atoms with Crippen LogP contribution in [0.4, 0.5) is 5.69 Å². The first-order valence-corrected chi connectivity index (χ1v) is 8.27. The molecule has 5 nitrogen and oxygen atoms in total. The zero-order chi connectivity index (χ0) is 17.9. The van der Waals surface area contributed by atoms with Crippen LogP contribution in [0, 0.1) is 6.92 Å². The number of pyridine rings is 1. The summed E-state index contributed by atoms with van der Waals surface area (Å²) in [5, 5.41) is 2.89. The lowest BCUT2D eigenvalue weighted by molar-refractivity contribution is 0.102. The van der Waals surface area contributed by atoms with Crippen molar-refractivity contribution in [1.29, 1.82) is 0 Å². The number of imidazole rings is 1. The minimum absolute atomic E-state index is 0.171. The fourth-order valence-electron chi connectivity index (χ4n) is 2.69. The van der Waals surface area contributed by atoms with Gasteiger partial charge in [-0.3, -0.25) is 4.79 Å². The van der Waals surface area contributed by atoms with Gasteiger partial charge < -0.3 is 14.5 Å². The average molecular weight is 343 g/mol. The summed E-state index contributed by atoms with van der Waals surface area (Å²) >= 11 is 0. The molecule has 0 aliphatic carbocycles. The zero-order valence-corrected chi connectivity index (χ0v) is 14.2. The topological polar surface area (TPSA) is 55.6 Å². The lowest BCUT2D eigenvalue weighted by Gasteiger charge is -2.08. The molecule has 5 heteroatoms. The molecule has 0 bridgehead atoms. The van der Waals surface area contributed by atoms with Gasteiger partial charge in [-0.1, -0.05) is 18.2 Å². The third kappa shape index (κ3) is 3.42. The van der Waals surface area contributed by atoms with E-state index < -0.39 is 0 Å². The van der Waals surface area contributed by atoms with Gasteiger partial charge in [-0.05, 0) is 55.5 Å². The van der Waals surface area contributed by atoms with Crippen LogP contribution in [0.25, 0.3) is 5.65 Å². The lowest BCUT2D eigenvalue weighted by Crippen LogP contribution is -2.12. The van der Waals surface area contributed by atoms with E-state index in [1.807, 2.05) is 78.2 Å². The number of aromatic nitrogens is 2. The first-order valence-electron chi connectivity index (χ1n) is 8.27. The van der Waals surface area contributed by atoms with Gasteiger partial charge >= 0.3 is 0 Å². The number of carbonyl (C=O) groups excluding carboxylic acids is 1. The molecule has 0 fully saturated rings. The van der Waals surface area contributed by atoms with Crippen LogP contribution >= 0.6 is 0 Å². The number of amides is 1. The Balaban J connectivity index is 1.46.